The molecule has 0 bridgehead atoms. The summed E-state index contributed by atoms with van der Waals surface area (Å²) in [6, 6.07) is 7.70. The maximum absolute atomic E-state index is 12.5. The molecular weight excluding hydrogens is 328 g/mol. The zero-order valence-electron chi connectivity index (χ0n) is 16.4. The summed E-state index contributed by atoms with van der Waals surface area (Å²) < 4.78 is 11.3. The monoisotopic (exact) mass is 362 g/mol. The highest BCUT2D eigenvalue weighted by Gasteiger charge is 2.17. The molecule has 0 spiro atoms. The summed E-state index contributed by atoms with van der Waals surface area (Å²) in [6.45, 7) is 8.92. The summed E-state index contributed by atoms with van der Waals surface area (Å²) >= 11 is 0. The van der Waals surface area contributed by atoms with E-state index in [1.54, 1.807) is 4.90 Å². The number of piperidine rings is 1. The summed E-state index contributed by atoms with van der Waals surface area (Å²) in [4.78, 5) is 16.5. The van der Waals surface area contributed by atoms with Gasteiger partial charge < -0.3 is 9.47 Å². The van der Waals surface area contributed by atoms with Crippen molar-refractivity contribution < 1.29 is 14.3 Å². The van der Waals surface area contributed by atoms with Crippen LogP contribution in [0.3, 0.4) is 0 Å². The number of nitrogens with zero attached hydrogens (tertiary/aromatic N) is 2. The molecule has 0 N–H and O–H groups in total. The van der Waals surface area contributed by atoms with Crippen LogP contribution in [0.2, 0.25) is 0 Å². The van der Waals surface area contributed by atoms with Crippen LogP contribution in [0.1, 0.15) is 52.4 Å². The van der Waals surface area contributed by atoms with E-state index in [2.05, 4.69) is 11.8 Å². The van der Waals surface area contributed by atoms with Gasteiger partial charge in [-0.2, -0.15) is 0 Å². The molecule has 1 aliphatic rings. The Morgan fingerprint density at radius 1 is 1.12 bits per heavy atom. The number of anilines is 1. The highest BCUT2D eigenvalue weighted by Crippen LogP contribution is 2.22. The second-order valence-electron chi connectivity index (χ2n) is 6.81. The predicted molar refractivity (Wildman–Crippen MR) is 106 cm³/mol. The van der Waals surface area contributed by atoms with Crippen molar-refractivity contribution in [3.63, 3.8) is 0 Å². The first-order valence-corrected chi connectivity index (χ1v) is 10.1. The van der Waals surface area contributed by atoms with Crippen molar-refractivity contribution in [2.24, 2.45) is 0 Å². The summed E-state index contributed by atoms with van der Waals surface area (Å²) in [5.41, 5.74) is 0.823. The zero-order valence-corrected chi connectivity index (χ0v) is 16.4. The molecule has 5 heteroatoms. The second-order valence-corrected chi connectivity index (χ2v) is 6.81. The van der Waals surface area contributed by atoms with Gasteiger partial charge in [0.1, 0.15) is 12.4 Å². The van der Waals surface area contributed by atoms with Crippen LogP contribution in [0.25, 0.3) is 0 Å². The van der Waals surface area contributed by atoms with Crippen molar-refractivity contribution in [3.05, 3.63) is 24.3 Å². The minimum atomic E-state index is -0.285. The molecule has 5 nitrogen and oxygen atoms in total. The minimum absolute atomic E-state index is 0.285. The van der Waals surface area contributed by atoms with Crippen LogP contribution >= 0.6 is 0 Å². The van der Waals surface area contributed by atoms with Crippen LogP contribution < -0.4 is 9.64 Å². The molecule has 1 heterocycles. The Bertz CT molecular complexity index is 530. The Labute approximate surface area is 158 Å². The van der Waals surface area contributed by atoms with E-state index in [1.807, 2.05) is 31.2 Å². The number of rotatable bonds is 10. The maximum atomic E-state index is 12.5. The van der Waals surface area contributed by atoms with Crippen molar-refractivity contribution in [2.45, 2.75) is 52.4 Å². The van der Waals surface area contributed by atoms with Gasteiger partial charge in [0.2, 0.25) is 0 Å². The number of hydrogen-bond donors (Lipinski definition) is 0. The Kier molecular flexibility index (Phi) is 9.32. The normalized spacial score (nSPS) is 14.8. The molecule has 0 aromatic heterocycles. The molecular formula is C21H34N2O3. The molecule has 2 rings (SSSR count). The summed E-state index contributed by atoms with van der Waals surface area (Å²) in [5.74, 6) is 0.804. The molecule has 1 aromatic rings. The Morgan fingerprint density at radius 3 is 2.65 bits per heavy atom. The third kappa shape index (κ3) is 6.87. The van der Waals surface area contributed by atoms with Gasteiger partial charge in [0.25, 0.3) is 0 Å². The van der Waals surface area contributed by atoms with Gasteiger partial charge in [-0.05, 0) is 51.4 Å². The lowest BCUT2D eigenvalue weighted by atomic mass is 10.1. The maximum Gasteiger partial charge on any atom is 0.414 e. The molecule has 146 valence electrons. The van der Waals surface area contributed by atoms with Crippen molar-refractivity contribution in [2.75, 3.05) is 44.3 Å². The fourth-order valence-corrected chi connectivity index (χ4v) is 3.22. The summed E-state index contributed by atoms with van der Waals surface area (Å²) in [5, 5.41) is 0. The number of hydrogen-bond acceptors (Lipinski definition) is 4. The third-order valence-electron chi connectivity index (χ3n) is 4.76. The van der Waals surface area contributed by atoms with Gasteiger partial charge in [-0.25, -0.2) is 4.79 Å². The van der Waals surface area contributed by atoms with E-state index in [9.17, 15) is 4.79 Å². The van der Waals surface area contributed by atoms with Crippen LogP contribution in [-0.4, -0.2) is 50.4 Å². The SMILES string of the molecule is CCCCCOc1cccc(N(CC)C(=O)OCCN2CCCCC2)c1. The lowest BCUT2D eigenvalue weighted by Gasteiger charge is -2.27. The average molecular weight is 363 g/mol. The highest BCUT2D eigenvalue weighted by atomic mass is 16.6. The molecule has 0 aliphatic carbocycles. The van der Waals surface area contributed by atoms with E-state index >= 15 is 0 Å². The number of likely N-dealkylation sites (tertiary alicyclic amines) is 1. The molecule has 1 saturated heterocycles. The number of carbonyl (C=O) groups excluding carboxylic acids is 1. The van der Waals surface area contributed by atoms with Crippen molar-refractivity contribution in [1.29, 1.82) is 0 Å². The fraction of sp³-hybridized carbons (Fsp3) is 0.667. The molecule has 1 aromatic carbocycles. The lowest BCUT2D eigenvalue weighted by Crippen LogP contribution is -2.36. The van der Waals surface area contributed by atoms with Gasteiger partial charge in [0.15, 0.2) is 0 Å². The lowest BCUT2D eigenvalue weighted by molar-refractivity contribution is 0.126. The Morgan fingerprint density at radius 2 is 1.92 bits per heavy atom. The Hall–Kier alpha value is -1.75. The van der Waals surface area contributed by atoms with Gasteiger partial charge in [0, 0.05) is 19.2 Å². The molecule has 1 fully saturated rings. The Balaban J connectivity index is 1.82. The van der Waals surface area contributed by atoms with E-state index < -0.39 is 0 Å². The quantitative estimate of drug-likeness (QED) is 0.566. The van der Waals surface area contributed by atoms with E-state index in [0.29, 0.717) is 19.8 Å². The molecule has 0 unspecified atom stereocenters. The van der Waals surface area contributed by atoms with Crippen LogP contribution in [0.15, 0.2) is 24.3 Å². The van der Waals surface area contributed by atoms with E-state index in [4.69, 9.17) is 9.47 Å². The van der Waals surface area contributed by atoms with Gasteiger partial charge in [-0.15, -0.1) is 0 Å². The van der Waals surface area contributed by atoms with Gasteiger partial charge in [-0.1, -0.05) is 32.3 Å². The van der Waals surface area contributed by atoms with Crippen LogP contribution in [0.4, 0.5) is 10.5 Å². The van der Waals surface area contributed by atoms with E-state index in [0.717, 1.165) is 37.5 Å². The predicted octanol–water partition coefficient (Wildman–Crippen LogP) is 4.70. The molecule has 26 heavy (non-hydrogen) atoms. The van der Waals surface area contributed by atoms with Gasteiger partial charge in [-0.3, -0.25) is 9.80 Å². The van der Waals surface area contributed by atoms with Crippen molar-refractivity contribution in [1.82, 2.24) is 4.90 Å². The standard InChI is InChI=1S/C21H34N2O3/c1-3-5-9-16-25-20-12-10-11-19(18-20)23(4-2)21(24)26-17-15-22-13-7-6-8-14-22/h10-12,18H,3-9,13-17H2,1-2H3. The largest absolute Gasteiger partial charge is 0.494 e. The van der Waals surface area contributed by atoms with Crippen molar-refractivity contribution >= 4 is 11.8 Å². The minimum Gasteiger partial charge on any atom is -0.494 e. The zero-order chi connectivity index (χ0) is 18.6. The number of unbranched alkanes of at least 4 members (excludes halogenated alkanes) is 2. The molecule has 0 radical (unpaired) electrons. The fourth-order valence-electron chi connectivity index (χ4n) is 3.22. The summed E-state index contributed by atoms with van der Waals surface area (Å²) in [7, 11) is 0. The number of ether oxygens (including phenoxy) is 2. The second kappa shape index (κ2) is 11.8. The molecule has 1 aliphatic heterocycles. The smallest absolute Gasteiger partial charge is 0.414 e. The third-order valence-corrected chi connectivity index (χ3v) is 4.76. The van der Waals surface area contributed by atoms with Crippen molar-refractivity contribution in [3.8, 4) is 5.75 Å². The number of amides is 1. The molecule has 0 atom stereocenters. The molecule has 0 saturated carbocycles. The first kappa shape index (κ1) is 20.6. The highest BCUT2D eigenvalue weighted by molar-refractivity contribution is 5.87. The van der Waals surface area contributed by atoms with Crippen LogP contribution in [0.5, 0.6) is 5.75 Å². The van der Waals surface area contributed by atoms with Crippen LogP contribution in [0, 0.1) is 0 Å². The van der Waals surface area contributed by atoms with E-state index in [1.165, 1.54) is 32.1 Å². The summed E-state index contributed by atoms with van der Waals surface area (Å²) in [6.07, 6.45) is 6.93. The topological polar surface area (TPSA) is 42.0 Å². The van der Waals surface area contributed by atoms with Crippen LogP contribution in [-0.2, 0) is 4.74 Å². The number of benzene rings is 1. The van der Waals surface area contributed by atoms with Gasteiger partial charge in [0.05, 0.1) is 12.3 Å². The van der Waals surface area contributed by atoms with Gasteiger partial charge >= 0.3 is 6.09 Å². The first-order chi connectivity index (χ1) is 12.7. The number of carbonyl (C=O) groups is 1. The molecule has 1 amide bonds. The average Bonchev–Trinajstić information content (AvgIpc) is 2.67. The van der Waals surface area contributed by atoms with E-state index in [-0.39, 0.29) is 6.09 Å². The first-order valence-electron chi connectivity index (χ1n) is 10.1.